The van der Waals surface area contributed by atoms with Crippen LogP contribution in [0.1, 0.15) is 30.0 Å². The van der Waals surface area contributed by atoms with Crippen LogP contribution in [-0.4, -0.2) is 19.6 Å². The Morgan fingerprint density at radius 2 is 2.04 bits per heavy atom. The van der Waals surface area contributed by atoms with E-state index in [0.717, 1.165) is 17.5 Å². The van der Waals surface area contributed by atoms with Gasteiger partial charge in [0.15, 0.2) is 11.5 Å². The first-order valence-corrected chi connectivity index (χ1v) is 9.70. The summed E-state index contributed by atoms with van der Waals surface area (Å²) < 4.78 is 11.8. The minimum absolute atomic E-state index is 0.00844. The summed E-state index contributed by atoms with van der Waals surface area (Å²) in [5, 5.41) is 12.3. The molecular formula is C22H23BrN2O3. The molecule has 28 heavy (non-hydrogen) atoms. The van der Waals surface area contributed by atoms with Crippen LogP contribution in [0, 0.1) is 25.2 Å². The van der Waals surface area contributed by atoms with Crippen LogP contribution in [0.4, 0.5) is 5.69 Å². The minimum atomic E-state index is -0.464. The van der Waals surface area contributed by atoms with E-state index in [4.69, 9.17) is 9.47 Å². The molecule has 0 unspecified atom stereocenters. The van der Waals surface area contributed by atoms with E-state index in [1.807, 2.05) is 45.0 Å². The Morgan fingerprint density at radius 1 is 1.29 bits per heavy atom. The molecule has 0 spiro atoms. The Morgan fingerprint density at radius 3 is 2.68 bits per heavy atom. The molecule has 2 aromatic rings. The number of nitrogens with zero attached hydrogens (tertiary/aromatic N) is 1. The summed E-state index contributed by atoms with van der Waals surface area (Å²) in [7, 11) is 1.55. The lowest BCUT2D eigenvalue weighted by Gasteiger charge is -2.13. The fourth-order valence-electron chi connectivity index (χ4n) is 2.53. The third-order valence-corrected chi connectivity index (χ3v) is 4.95. The van der Waals surface area contributed by atoms with E-state index in [1.54, 1.807) is 19.2 Å². The number of benzene rings is 2. The van der Waals surface area contributed by atoms with Gasteiger partial charge >= 0.3 is 0 Å². The van der Waals surface area contributed by atoms with E-state index in [1.165, 1.54) is 6.08 Å². The van der Waals surface area contributed by atoms with Crippen molar-refractivity contribution in [1.82, 2.24) is 0 Å². The molecule has 0 aliphatic rings. The monoisotopic (exact) mass is 442 g/mol. The second-order valence-electron chi connectivity index (χ2n) is 6.24. The summed E-state index contributed by atoms with van der Waals surface area (Å²) in [5.74, 6) is 0.676. The van der Waals surface area contributed by atoms with Gasteiger partial charge in [0, 0.05) is 10.2 Å². The zero-order chi connectivity index (χ0) is 20.7. The summed E-state index contributed by atoms with van der Waals surface area (Å²) in [6.07, 6.45) is 2.40. The van der Waals surface area contributed by atoms with E-state index in [0.29, 0.717) is 33.8 Å². The summed E-state index contributed by atoms with van der Waals surface area (Å²) in [4.78, 5) is 12.6. The number of hydrogen-bond donors (Lipinski definition) is 1. The maximum absolute atomic E-state index is 12.6. The lowest BCUT2D eigenvalue weighted by atomic mass is 10.1. The van der Waals surface area contributed by atoms with Crippen molar-refractivity contribution < 1.29 is 14.3 Å². The maximum Gasteiger partial charge on any atom is 0.266 e. The number of carbonyl (C=O) groups is 1. The van der Waals surface area contributed by atoms with Crippen molar-refractivity contribution in [2.45, 2.75) is 27.2 Å². The molecule has 5 nitrogen and oxygen atoms in total. The highest BCUT2D eigenvalue weighted by molar-refractivity contribution is 9.10. The van der Waals surface area contributed by atoms with Gasteiger partial charge in [-0.05, 0) is 61.2 Å². The molecular weight excluding hydrogens is 420 g/mol. The highest BCUT2D eigenvalue weighted by Crippen LogP contribution is 2.35. The predicted octanol–water partition coefficient (Wildman–Crippen LogP) is 5.41. The van der Waals surface area contributed by atoms with Gasteiger partial charge in [-0.2, -0.15) is 5.26 Å². The molecule has 0 heterocycles. The molecule has 1 amide bonds. The van der Waals surface area contributed by atoms with Gasteiger partial charge in [0.1, 0.15) is 11.6 Å². The van der Waals surface area contributed by atoms with Crippen LogP contribution in [0.15, 0.2) is 40.4 Å². The molecule has 0 radical (unpaired) electrons. The van der Waals surface area contributed by atoms with Gasteiger partial charge in [0.2, 0.25) is 0 Å². The predicted molar refractivity (Wildman–Crippen MR) is 115 cm³/mol. The summed E-state index contributed by atoms with van der Waals surface area (Å²) >= 11 is 3.48. The fraction of sp³-hybridized carbons (Fsp3) is 0.273. The molecule has 0 aromatic heterocycles. The molecule has 146 valence electrons. The van der Waals surface area contributed by atoms with E-state index < -0.39 is 5.91 Å². The van der Waals surface area contributed by atoms with Crippen molar-refractivity contribution in [3.05, 3.63) is 57.1 Å². The van der Waals surface area contributed by atoms with Crippen molar-refractivity contribution >= 4 is 33.6 Å². The van der Waals surface area contributed by atoms with Crippen LogP contribution in [-0.2, 0) is 4.79 Å². The number of rotatable bonds is 7. The number of carbonyl (C=O) groups excluding carboxylic acids is 1. The van der Waals surface area contributed by atoms with Gasteiger partial charge in [-0.3, -0.25) is 4.79 Å². The molecule has 6 heteroatoms. The second-order valence-corrected chi connectivity index (χ2v) is 7.10. The number of hydrogen-bond acceptors (Lipinski definition) is 4. The fourth-order valence-corrected chi connectivity index (χ4v) is 2.96. The molecule has 0 bridgehead atoms. The molecule has 0 saturated heterocycles. The van der Waals surface area contributed by atoms with E-state index in [9.17, 15) is 10.1 Å². The van der Waals surface area contributed by atoms with Crippen molar-refractivity contribution in [1.29, 1.82) is 5.26 Å². The SMILES string of the molecule is CCCOc1cc(Br)c(/C=C(\C#N)C(=O)Nc2cccc(C)c2C)cc1OC. The number of amides is 1. The molecule has 0 aliphatic heterocycles. The summed E-state index contributed by atoms with van der Waals surface area (Å²) in [5.41, 5.74) is 3.36. The average Bonchev–Trinajstić information content (AvgIpc) is 2.68. The molecule has 1 N–H and O–H groups in total. The smallest absolute Gasteiger partial charge is 0.266 e. The lowest BCUT2D eigenvalue weighted by molar-refractivity contribution is -0.112. The van der Waals surface area contributed by atoms with Crippen molar-refractivity contribution in [3.63, 3.8) is 0 Å². The lowest BCUT2D eigenvalue weighted by Crippen LogP contribution is -2.14. The van der Waals surface area contributed by atoms with E-state index >= 15 is 0 Å². The van der Waals surface area contributed by atoms with E-state index in [2.05, 4.69) is 21.2 Å². The van der Waals surface area contributed by atoms with Crippen molar-refractivity contribution in [2.75, 3.05) is 19.0 Å². The zero-order valence-electron chi connectivity index (χ0n) is 16.4. The first-order valence-electron chi connectivity index (χ1n) is 8.91. The Hall–Kier alpha value is -2.78. The number of aryl methyl sites for hydroxylation is 1. The molecule has 0 atom stereocenters. The molecule has 2 aromatic carbocycles. The molecule has 2 rings (SSSR count). The third-order valence-electron chi connectivity index (χ3n) is 4.26. The van der Waals surface area contributed by atoms with Gasteiger partial charge in [-0.15, -0.1) is 0 Å². The van der Waals surface area contributed by atoms with Gasteiger partial charge in [-0.1, -0.05) is 35.0 Å². The normalized spacial score (nSPS) is 10.9. The van der Waals surface area contributed by atoms with Crippen LogP contribution >= 0.6 is 15.9 Å². The maximum atomic E-state index is 12.6. The van der Waals surface area contributed by atoms with Crippen LogP contribution < -0.4 is 14.8 Å². The number of nitrogens with one attached hydrogen (secondary N) is 1. The van der Waals surface area contributed by atoms with E-state index in [-0.39, 0.29) is 5.57 Å². The Bertz CT molecular complexity index is 946. The number of halogens is 1. The Balaban J connectivity index is 2.34. The standard InChI is InChI=1S/C22H23BrN2O3/c1-5-9-28-21-12-18(23)16(11-20(21)27-4)10-17(13-24)22(26)25-19-8-6-7-14(2)15(19)3/h6-8,10-12H,5,9H2,1-4H3,(H,25,26)/b17-10+. The number of ether oxygens (including phenoxy) is 2. The van der Waals surface area contributed by atoms with Gasteiger partial charge in [-0.25, -0.2) is 0 Å². The third kappa shape index (κ3) is 5.14. The Kier molecular flexibility index (Phi) is 7.65. The summed E-state index contributed by atoms with van der Waals surface area (Å²) in [6.45, 7) is 6.49. The first-order chi connectivity index (χ1) is 13.4. The van der Waals surface area contributed by atoms with Crippen LogP contribution in [0.3, 0.4) is 0 Å². The average molecular weight is 443 g/mol. The highest BCUT2D eigenvalue weighted by atomic mass is 79.9. The van der Waals surface area contributed by atoms with Crippen molar-refractivity contribution in [3.8, 4) is 17.6 Å². The van der Waals surface area contributed by atoms with Gasteiger partial charge < -0.3 is 14.8 Å². The van der Waals surface area contributed by atoms with Gasteiger partial charge in [0.05, 0.1) is 13.7 Å². The Labute approximate surface area is 174 Å². The minimum Gasteiger partial charge on any atom is -0.493 e. The zero-order valence-corrected chi connectivity index (χ0v) is 18.0. The van der Waals surface area contributed by atoms with Crippen LogP contribution in [0.2, 0.25) is 0 Å². The number of anilines is 1. The quantitative estimate of drug-likeness (QED) is 0.459. The summed E-state index contributed by atoms with van der Waals surface area (Å²) in [6, 6.07) is 11.1. The van der Waals surface area contributed by atoms with Gasteiger partial charge in [0.25, 0.3) is 5.91 Å². The van der Waals surface area contributed by atoms with Crippen LogP contribution in [0.25, 0.3) is 6.08 Å². The number of nitriles is 1. The molecule has 0 saturated carbocycles. The van der Waals surface area contributed by atoms with Crippen molar-refractivity contribution in [2.24, 2.45) is 0 Å². The molecule has 0 aliphatic carbocycles. The first kappa shape index (κ1) is 21.5. The largest absolute Gasteiger partial charge is 0.493 e. The molecule has 0 fully saturated rings. The highest BCUT2D eigenvalue weighted by Gasteiger charge is 2.14. The second kappa shape index (κ2) is 9.95. The van der Waals surface area contributed by atoms with Crippen LogP contribution in [0.5, 0.6) is 11.5 Å². The number of methoxy groups -OCH3 is 1. The topological polar surface area (TPSA) is 71.3 Å².